The van der Waals surface area contributed by atoms with Gasteiger partial charge in [0.2, 0.25) is 5.91 Å². The molecule has 3 N–H and O–H groups in total. The molecule has 0 bridgehead atoms. The average molecular weight is 185 g/mol. The van der Waals surface area contributed by atoms with Crippen LogP contribution in [0.5, 0.6) is 0 Å². The monoisotopic (exact) mass is 185 g/mol. The van der Waals surface area contributed by atoms with Gasteiger partial charge in [-0.2, -0.15) is 5.21 Å². The highest BCUT2D eigenvalue weighted by Crippen LogP contribution is 1.99. The second-order valence-corrected chi connectivity index (χ2v) is 2.57. The summed E-state index contributed by atoms with van der Waals surface area (Å²) >= 11 is 0. The molecule has 0 saturated heterocycles. The Balaban J connectivity index is 2.05. The lowest BCUT2D eigenvalue weighted by Crippen LogP contribution is -2.17. The molecule has 1 aromatic rings. The van der Waals surface area contributed by atoms with Crippen LogP contribution in [0.25, 0.3) is 0 Å². The van der Waals surface area contributed by atoms with Crippen molar-refractivity contribution in [2.75, 3.05) is 0 Å². The van der Waals surface area contributed by atoms with E-state index >= 15 is 0 Å². The third kappa shape index (κ3) is 3.61. The number of hydrogen-bond acceptors (Lipinski definition) is 5. The van der Waals surface area contributed by atoms with E-state index < -0.39 is 0 Å². The highest BCUT2D eigenvalue weighted by molar-refractivity contribution is 5.74. The van der Waals surface area contributed by atoms with Gasteiger partial charge in [-0.25, -0.2) is 5.48 Å². The van der Waals surface area contributed by atoms with Crippen LogP contribution in [0.3, 0.4) is 0 Å². The Hall–Kier alpha value is -1.50. The molecular formula is C6H11N5O2. The first-order chi connectivity index (χ1) is 6.33. The Morgan fingerprint density at radius 1 is 1.54 bits per heavy atom. The third-order valence-corrected chi connectivity index (χ3v) is 1.57. The zero-order valence-corrected chi connectivity index (χ0v) is 7.03. The molecule has 1 aromatic heterocycles. The minimum absolute atomic E-state index is 0.314. The van der Waals surface area contributed by atoms with Crippen molar-refractivity contribution in [3.05, 3.63) is 5.82 Å². The van der Waals surface area contributed by atoms with Gasteiger partial charge in [0, 0.05) is 12.8 Å². The predicted molar refractivity (Wildman–Crippen MR) is 41.7 cm³/mol. The molecule has 0 atom stereocenters. The molecular weight excluding hydrogens is 174 g/mol. The van der Waals surface area contributed by atoms with Crippen molar-refractivity contribution < 1.29 is 10.0 Å². The molecule has 13 heavy (non-hydrogen) atoms. The van der Waals surface area contributed by atoms with Crippen molar-refractivity contribution in [1.29, 1.82) is 0 Å². The van der Waals surface area contributed by atoms with E-state index in [0.717, 1.165) is 6.42 Å². The summed E-state index contributed by atoms with van der Waals surface area (Å²) in [6.07, 6.45) is 2.50. The van der Waals surface area contributed by atoms with Gasteiger partial charge in [0.1, 0.15) is 0 Å². The van der Waals surface area contributed by atoms with Gasteiger partial charge in [0.05, 0.1) is 0 Å². The van der Waals surface area contributed by atoms with Gasteiger partial charge in [0.15, 0.2) is 5.82 Å². The Morgan fingerprint density at radius 3 is 3.00 bits per heavy atom. The highest BCUT2D eigenvalue weighted by Gasteiger charge is 2.00. The number of H-pyrrole nitrogens is 1. The van der Waals surface area contributed by atoms with E-state index in [-0.39, 0.29) is 5.91 Å². The summed E-state index contributed by atoms with van der Waals surface area (Å²) in [7, 11) is 0. The number of unbranched alkanes of at least 4 members (excludes halogenated alkanes) is 1. The maximum absolute atomic E-state index is 10.6. The molecule has 7 heteroatoms. The Kier molecular flexibility index (Phi) is 3.83. The van der Waals surface area contributed by atoms with Crippen molar-refractivity contribution in [3.63, 3.8) is 0 Å². The standard InChI is InChI=1S/C6H11N5O2/c12-6(9-13)4-2-1-3-5-7-10-11-8-5/h13H,1-4H2,(H,9,12)(H,7,8,10,11). The number of hydrogen-bond donors (Lipinski definition) is 3. The zero-order valence-electron chi connectivity index (χ0n) is 7.03. The smallest absolute Gasteiger partial charge is 0.243 e. The number of amides is 1. The van der Waals surface area contributed by atoms with Crippen LogP contribution >= 0.6 is 0 Å². The number of aromatic amines is 1. The second kappa shape index (κ2) is 5.20. The van der Waals surface area contributed by atoms with Crippen LogP contribution in [0, 0.1) is 0 Å². The molecule has 0 aromatic carbocycles. The van der Waals surface area contributed by atoms with E-state index in [9.17, 15) is 4.79 Å². The first-order valence-corrected chi connectivity index (χ1v) is 3.98. The Morgan fingerprint density at radius 2 is 2.38 bits per heavy atom. The number of rotatable bonds is 5. The summed E-state index contributed by atoms with van der Waals surface area (Å²) in [6, 6.07) is 0. The van der Waals surface area contributed by atoms with Gasteiger partial charge < -0.3 is 0 Å². The van der Waals surface area contributed by atoms with Gasteiger partial charge in [-0.05, 0) is 12.8 Å². The van der Waals surface area contributed by atoms with E-state index in [0.29, 0.717) is 25.1 Å². The van der Waals surface area contributed by atoms with Gasteiger partial charge in [-0.3, -0.25) is 10.0 Å². The Labute approximate surface area is 74.5 Å². The lowest BCUT2D eigenvalue weighted by Gasteiger charge is -1.96. The number of tetrazole rings is 1. The van der Waals surface area contributed by atoms with E-state index in [1.807, 2.05) is 0 Å². The maximum atomic E-state index is 10.6. The van der Waals surface area contributed by atoms with Gasteiger partial charge in [-0.15, -0.1) is 10.2 Å². The summed E-state index contributed by atoms with van der Waals surface area (Å²) < 4.78 is 0. The van der Waals surface area contributed by atoms with Crippen LogP contribution in [0.15, 0.2) is 0 Å². The largest absolute Gasteiger partial charge is 0.289 e. The minimum atomic E-state index is -0.367. The van der Waals surface area contributed by atoms with E-state index in [1.165, 1.54) is 0 Å². The fraction of sp³-hybridized carbons (Fsp3) is 0.667. The molecule has 0 unspecified atom stereocenters. The number of nitrogens with one attached hydrogen (secondary N) is 2. The van der Waals surface area contributed by atoms with Crippen molar-refractivity contribution in [3.8, 4) is 0 Å². The maximum Gasteiger partial charge on any atom is 0.243 e. The summed E-state index contributed by atoms with van der Waals surface area (Å²) in [6.45, 7) is 0. The van der Waals surface area contributed by atoms with Crippen LogP contribution in [-0.2, 0) is 11.2 Å². The Bertz CT molecular complexity index is 248. The molecule has 0 spiro atoms. The van der Waals surface area contributed by atoms with E-state index in [1.54, 1.807) is 5.48 Å². The number of carbonyl (C=O) groups is 1. The van der Waals surface area contributed by atoms with Crippen molar-refractivity contribution in [2.24, 2.45) is 0 Å². The molecule has 72 valence electrons. The normalized spacial score (nSPS) is 9.92. The van der Waals surface area contributed by atoms with Gasteiger partial charge in [-0.1, -0.05) is 5.21 Å². The molecule has 0 saturated carbocycles. The lowest BCUT2D eigenvalue weighted by molar-refractivity contribution is -0.129. The first kappa shape index (κ1) is 9.59. The van der Waals surface area contributed by atoms with E-state index in [4.69, 9.17) is 5.21 Å². The van der Waals surface area contributed by atoms with E-state index in [2.05, 4.69) is 20.6 Å². The molecule has 0 aliphatic heterocycles. The summed E-state index contributed by atoms with van der Waals surface area (Å²) in [5.41, 5.74) is 1.57. The fourth-order valence-electron chi connectivity index (χ4n) is 0.913. The quantitative estimate of drug-likeness (QED) is 0.323. The third-order valence-electron chi connectivity index (χ3n) is 1.57. The predicted octanol–water partition coefficient (Wildman–Crippen LogP) is -0.582. The zero-order chi connectivity index (χ0) is 9.52. The molecule has 7 nitrogen and oxygen atoms in total. The number of hydroxylamine groups is 1. The van der Waals surface area contributed by atoms with Crippen LogP contribution in [0.4, 0.5) is 0 Å². The molecule has 0 radical (unpaired) electrons. The highest BCUT2D eigenvalue weighted by atomic mass is 16.5. The molecule has 0 aliphatic carbocycles. The first-order valence-electron chi connectivity index (χ1n) is 3.98. The molecule has 1 heterocycles. The number of carbonyl (C=O) groups excluding carboxylic acids is 1. The molecule has 0 fully saturated rings. The summed E-state index contributed by atoms with van der Waals surface area (Å²) in [5, 5.41) is 21.4. The molecule has 1 rings (SSSR count). The van der Waals surface area contributed by atoms with Crippen LogP contribution in [0.2, 0.25) is 0 Å². The van der Waals surface area contributed by atoms with Crippen molar-refractivity contribution in [1.82, 2.24) is 26.1 Å². The fourth-order valence-corrected chi connectivity index (χ4v) is 0.913. The van der Waals surface area contributed by atoms with Crippen LogP contribution in [-0.4, -0.2) is 31.7 Å². The topological polar surface area (TPSA) is 104 Å². The number of aryl methyl sites for hydroxylation is 1. The minimum Gasteiger partial charge on any atom is -0.289 e. The summed E-state index contributed by atoms with van der Waals surface area (Å²) in [5.74, 6) is 0.275. The number of aromatic nitrogens is 4. The van der Waals surface area contributed by atoms with Gasteiger partial charge >= 0.3 is 0 Å². The molecule has 1 amide bonds. The van der Waals surface area contributed by atoms with Gasteiger partial charge in [0.25, 0.3) is 0 Å². The summed E-state index contributed by atoms with van der Waals surface area (Å²) in [4.78, 5) is 10.6. The lowest BCUT2D eigenvalue weighted by atomic mass is 10.2. The molecule has 0 aliphatic rings. The number of nitrogens with zero attached hydrogens (tertiary/aromatic N) is 3. The SMILES string of the molecule is O=C(CCCCc1nn[nH]n1)NO. The van der Waals surface area contributed by atoms with Crippen molar-refractivity contribution >= 4 is 5.91 Å². The van der Waals surface area contributed by atoms with Crippen molar-refractivity contribution in [2.45, 2.75) is 25.7 Å². The average Bonchev–Trinajstić information content (AvgIpc) is 2.64. The van der Waals surface area contributed by atoms with Crippen LogP contribution < -0.4 is 5.48 Å². The second-order valence-electron chi connectivity index (χ2n) is 2.57. The van der Waals surface area contributed by atoms with Crippen LogP contribution in [0.1, 0.15) is 25.1 Å².